The van der Waals surface area contributed by atoms with Crippen molar-refractivity contribution in [3.8, 4) is 11.8 Å². The summed E-state index contributed by atoms with van der Waals surface area (Å²) in [5, 5.41) is 11.3. The molecule has 102 valence electrons. The molecule has 0 atom stereocenters. The zero-order valence-corrected chi connectivity index (χ0v) is 10.7. The first-order valence-corrected chi connectivity index (χ1v) is 5.85. The Morgan fingerprint density at radius 1 is 1.53 bits per heavy atom. The van der Waals surface area contributed by atoms with Crippen molar-refractivity contribution in [1.29, 1.82) is 0 Å². The van der Waals surface area contributed by atoms with E-state index in [1.54, 1.807) is 7.11 Å². The molecule has 0 radical (unpaired) electrons. The van der Waals surface area contributed by atoms with Gasteiger partial charge >= 0.3 is 0 Å². The molecule has 0 fully saturated rings. The van der Waals surface area contributed by atoms with E-state index < -0.39 is 5.82 Å². The van der Waals surface area contributed by atoms with Gasteiger partial charge in [0.05, 0.1) is 11.3 Å². The van der Waals surface area contributed by atoms with Crippen LogP contribution in [0.15, 0.2) is 18.2 Å². The molecule has 1 aromatic rings. The standard InChI is InChI=1S/C14H16FNO3/c1-19-9-3-5-14(18)16-13-7-6-12(15)10-11(13)4-2-8-17/h6-7,10,17H,3,5,8-9H2,1H3,(H,16,18). The third kappa shape index (κ3) is 5.51. The molecule has 1 rings (SSSR count). The molecular weight excluding hydrogens is 249 g/mol. The summed E-state index contributed by atoms with van der Waals surface area (Å²) >= 11 is 0. The number of hydrogen-bond acceptors (Lipinski definition) is 3. The molecule has 5 heteroatoms. The first-order chi connectivity index (χ1) is 9.17. The summed E-state index contributed by atoms with van der Waals surface area (Å²) in [4.78, 5) is 11.6. The molecule has 1 amide bonds. The maximum atomic E-state index is 13.1. The largest absolute Gasteiger partial charge is 0.385 e. The quantitative estimate of drug-likeness (QED) is 0.627. The van der Waals surface area contributed by atoms with Gasteiger partial charge < -0.3 is 15.2 Å². The molecule has 4 nitrogen and oxygen atoms in total. The fourth-order valence-electron chi connectivity index (χ4n) is 1.45. The molecule has 1 aromatic carbocycles. The lowest BCUT2D eigenvalue weighted by atomic mass is 10.1. The molecule has 19 heavy (non-hydrogen) atoms. The molecule has 0 aliphatic rings. The number of benzene rings is 1. The van der Waals surface area contributed by atoms with Gasteiger partial charge in [-0.15, -0.1) is 0 Å². The van der Waals surface area contributed by atoms with Gasteiger partial charge in [-0.05, 0) is 24.6 Å². The van der Waals surface area contributed by atoms with E-state index in [1.165, 1.54) is 18.2 Å². The summed E-state index contributed by atoms with van der Waals surface area (Å²) in [6, 6.07) is 3.91. The monoisotopic (exact) mass is 265 g/mol. The van der Waals surface area contributed by atoms with Gasteiger partial charge in [0.15, 0.2) is 0 Å². The van der Waals surface area contributed by atoms with E-state index in [2.05, 4.69) is 17.2 Å². The second-order valence-electron chi connectivity index (χ2n) is 3.79. The fraction of sp³-hybridized carbons (Fsp3) is 0.357. The molecule has 0 bridgehead atoms. The molecule has 0 saturated carbocycles. The number of carbonyl (C=O) groups excluding carboxylic acids is 1. The smallest absolute Gasteiger partial charge is 0.224 e. The highest BCUT2D eigenvalue weighted by molar-refractivity contribution is 5.92. The van der Waals surface area contributed by atoms with E-state index in [1.807, 2.05) is 0 Å². The number of nitrogens with one attached hydrogen (secondary N) is 1. The number of ether oxygens (including phenoxy) is 1. The molecule has 0 heterocycles. The van der Waals surface area contributed by atoms with Crippen LogP contribution in [0.1, 0.15) is 18.4 Å². The molecule has 0 spiro atoms. The minimum absolute atomic E-state index is 0.185. The van der Waals surface area contributed by atoms with E-state index in [-0.39, 0.29) is 12.5 Å². The first kappa shape index (κ1) is 15.2. The number of carbonyl (C=O) groups is 1. The van der Waals surface area contributed by atoms with Crippen molar-refractivity contribution < 1.29 is 19.0 Å². The molecule has 0 unspecified atom stereocenters. The average Bonchev–Trinajstić information content (AvgIpc) is 2.39. The second-order valence-corrected chi connectivity index (χ2v) is 3.79. The Hall–Kier alpha value is -1.90. The number of aliphatic hydroxyl groups is 1. The summed E-state index contributed by atoms with van der Waals surface area (Å²) in [5.74, 6) is 4.39. The van der Waals surface area contributed by atoms with Crippen molar-refractivity contribution in [2.75, 3.05) is 25.6 Å². The van der Waals surface area contributed by atoms with E-state index in [0.717, 1.165) is 0 Å². The van der Waals surface area contributed by atoms with E-state index >= 15 is 0 Å². The molecule has 2 N–H and O–H groups in total. The van der Waals surface area contributed by atoms with Crippen LogP contribution in [0.4, 0.5) is 10.1 Å². The minimum atomic E-state index is -0.445. The van der Waals surface area contributed by atoms with Crippen LogP contribution in [0, 0.1) is 17.7 Å². The Labute approximate surface area is 111 Å². The van der Waals surface area contributed by atoms with Crippen molar-refractivity contribution in [2.24, 2.45) is 0 Å². The molecule has 0 aliphatic carbocycles. The number of methoxy groups -OCH3 is 1. The van der Waals surface area contributed by atoms with Crippen molar-refractivity contribution in [3.63, 3.8) is 0 Å². The van der Waals surface area contributed by atoms with Crippen LogP contribution in [0.25, 0.3) is 0 Å². The molecular formula is C14H16FNO3. The third-order valence-electron chi connectivity index (χ3n) is 2.31. The zero-order chi connectivity index (χ0) is 14.1. The number of amides is 1. The number of anilines is 1. The molecule has 0 aromatic heterocycles. The Kier molecular flexibility index (Phi) is 6.58. The topological polar surface area (TPSA) is 58.6 Å². The highest BCUT2D eigenvalue weighted by Gasteiger charge is 2.06. The van der Waals surface area contributed by atoms with Crippen LogP contribution in [0.2, 0.25) is 0 Å². The summed E-state index contributed by atoms with van der Waals surface area (Å²) in [6.07, 6.45) is 0.930. The van der Waals surface area contributed by atoms with Gasteiger partial charge in [-0.3, -0.25) is 4.79 Å². The third-order valence-corrected chi connectivity index (χ3v) is 2.31. The van der Waals surface area contributed by atoms with Crippen molar-refractivity contribution in [1.82, 2.24) is 0 Å². The Balaban J connectivity index is 2.74. The van der Waals surface area contributed by atoms with Gasteiger partial charge in [0.2, 0.25) is 5.91 Å². The minimum Gasteiger partial charge on any atom is -0.385 e. The van der Waals surface area contributed by atoms with Crippen LogP contribution in [-0.2, 0) is 9.53 Å². The van der Waals surface area contributed by atoms with Crippen LogP contribution in [0.5, 0.6) is 0 Å². The summed E-state index contributed by atoms with van der Waals surface area (Å²) < 4.78 is 18.0. The Morgan fingerprint density at radius 3 is 3.00 bits per heavy atom. The Morgan fingerprint density at radius 2 is 2.32 bits per heavy atom. The van der Waals surface area contributed by atoms with Crippen LogP contribution >= 0.6 is 0 Å². The van der Waals surface area contributed by atoms with Crippen LogP contribution in [0.3, 0.4) is 0 Å². The SMILES string of the molecule is COCCCC(=O)Nc1ccc(F)cc1C#CCO. The van der Waals surface area contributed by atoms with E-state index in [9.17, 15) is 9.18 Å². The summed E-state index contributed by atoms with van der Waals surface area (Å²) in [6.45, 7) is 0.186. The summed E-state index contributed by atoms with van der Waals surface area (Å²) in [7, 11) is 1.57. The van der Waals surface area contributed by atoms with Gasteiger partial charge in [-0.1, -0.05) is 11.8 Å². The molecule has 0 saturated heterocycles. The maximum absolute atomic E-state index is 13.1. The van der Waals surface area contributed by atoms with Crippen molar-refractivity contribution in [2.45, 2.75) is 12.8 Å². The van der Waals surface area contributed by atoms with Crippen LogP contribution in [-0.4, -0.2) is 31.3 Å². The summed E-state index contributed by atoms with van der Waals surface area (Å²) in [5.41, 5.74) is 0.777. The molecule has 0 aliphatic heterocycles. The number of hydrogen-bond donors (Lipinski definition) is 2. The number of aliphatic hydroxyl groups excluding tert-OH is 1. The average molecular weight is 265 g/mol. The number of halogens is 1. The lowest BCUT2D eigenvalue weighted by molar-refractivity contribution is -0.116. The van der Waals surface area contributed by atoms with E-state index in [4.69, 9.17) is 9.84 Å². The van der Waals surface area contributed by atoms with Crippen molar-refractivity contribution in [3.05, 3.63) is 29.6 Å². The van der Waals surface area contributed by atoms with Gasteiger partial charge in [-0.2, -0.15) is 0 Å². The lowest BCUT2D eigenvalue weighted by Crippen LogP contribution is -2.13. The van der Waals surface area contributed by atoms with E-state index in [0.29, 0.717) is 30.7 Å². The zero-order valence-electron chi connectivity index (χ0n) is 10.7. The van der Waals surface area contributed by atoms with Gasteiger partial charge in [0.25, 0.3) is 0 Å². The van der Waals surface area contributed by atoms with Gasteiger partial charge in [0, 0.05) is 20.1 Å². The fourth-order valence-corrected chi connectivity index (χ4v) is 1.45. The maximum Gasteiger partial charge on any atom is 0.224 e. The van der Waals surface area contributed by atoms with Gasteiger partial charge in [0.1, 0.15) is 12.4 Å². The second kappa shape index (κ2) is 8.25. The highest BCUT2D eigenvalue weighted by Crippen LogP contribution is 2.16. The van der Waals surface area contributed by atoms with Gasteiger partial charge in [-0.25, -0.2) is 4.39 Å². The normalized spacial score (nSPS) is 9.63. The predicted octanol–water partition coefficient (Wildman–Crippen LogP) is 1.53. The number of rotatable bonds is 5. The lowest BCUT2D eigenvalue weighted by Gasteiger charge is -2.07. The Bertz CT molecular complexity index is 491. The highest BCUT2D eigenvalue weighted by atomic mass is 19.1. The van der Waals surface area contributed by atoms with Crippen LogP contribution < -0.4 is 5.32 Å². The predicted molar refractivity (Wildman–Crippen MR) is 70.1 cm³/mol. The first-order valence-electron chi connectivity index (χ1n) is 5.85. The van der Waals surface area contributed by atoms with Crippen molar-refractivity contribution >= 4 is 11.6 Å².